The van der Waals surface area contributed by atoms with Crippen LogP contribution in [0.5, 0.6) is 0 Å². The normalized spacial score (nSPS) is 15.9. The molecule has 1 aliphatic heterocycles. The van der Waals surface area contributed by atoms with Gasteiger partial charge in [-0.25, -0.2) is 0 Å². The molecule has 1 aromatic carbocycles. The van der Waals surface area contributed by atoms with Crippen molar-refractivity contribution >= 4 is 29.1 Å². The van der Waals surface area contributed by atoms with Crippen molar-refractivity contribution in [1.82, 2.24) is 15.5 Å². The van der Waals surface area contributed by atoms with Crippen molar-refractivity contribution in [3.8, 4) is 0 Å². The first-order valence-corrected chi connectivity index (χ1v) is 10.3. The fourth-order valence-electron chi connectivity index (χ4n) is 3.43. The van der Waals surface area contributed by atoms with Gasteiger partial charge in [0.2, 0.25) is 17.7 Å². The zero-order chi connectivity index (χ0) is 19.9. The number of carbonyl (C=O) groups excluding carboxylic acids is 3. The number of carbonyl (C=O) groups is 3. The van der Waals surface area contributed by atoms with E-state index < -0.39 is 0 Å². The Balaban J connectivity index is 1.70. The van der Waals surface area contributed by atoms with Gasteiger partial charge in [-0.15, -0.1) is 11.3 Å². The molecule has 0 radical (unpaired) electrons. The molecular formula is C21H25N3O3S. The molecule has 2 N–H and O–H groups in total. The van der Waals surface area contributed by atoms with Gasteiger partial charge in [-0.1, -0.05) is 36.4 Å². The van der Waals surface area contributed by atoms with Crippen LogP contribution >= 0.6 is 11.3 Å². The highest BCUT2D eigenvalue weighted by Crippen LogP contribution is 2.23. The van der Waals surface area contributed by atoms with Crippen LogP contribution in [0.3, 0.4) is 0 Å². The van der Waals surface area contributed by atoms with E-state index in [0.717, 1.165) is 23.4 Å². The molecule has 0 spiro atoms. The topological polar surface area (TPSA) is 78.5 Å². The molecule has 148 valence electrons. The van der Waals surface area contributed by atoms with Crippen molar-refractivity contribution < 1.29 is 14.4 Å². The maximum Gasteiger partial charge on any atom is 0.222 e. The van der Waals surface area contributed by atoms with Crippen LogP contribution in [-0.2, 0) is 14.4 Å². The predicted molar refractivity (Wildman–Crippen MR) is 109 cm³/mol. The summed E-state index contributed by atoms with van der Waals surface area (Å²) in [6, 6.07) is 12.9. The van der Waals surface area contributed by atoms with Gasteiger partial charge in [0.1, 0.15) is 0 Å². The molecule has 0 bridgehead atoms. The Hall–Kier alpha value is -2.67. The van der Waals surface area contributed by atoms with E-state index in [4.69, 9.17) is 0 Å². The molecule has 2 heterocycles. The van der Waals surface area contributed by atoms with Crippen LogP contribution in [0.2, 0.25) is 0 Å². The van der Waals surface area contributed by atoms with Gasteiger partial charge >= 0.3 is 0 Å². The summed E-state index contributed by atoms with van der Waals surface area (Å²) in [7, 11) is 0. The first kappa shape index (κ1) is 20.1. The predicted octanol–water partition coefficient (Wildman–Crippen LogP) is 2.80. The lowest BCUT2D eigenvalue weighted by atomic mass is 10.1. The monoisotopic (exact) mass is 399 g/mol. The molecule has 3 rings (SSSR count). The lowest BCUT2D eigenvalue weighted by Gasteiger charge is -2.26. The van der Waals surface area contributed by atoms with Gasteiger partial charge in [0, 0.05) is 31.3 Å². The molecule has 1 fully saturated rings. The van der Waals surface area contributed by atoms with Gasteiger partial charge in [0.15, 0.2) is 0 Å². The number of nitrogens with one attached hydrogen (secondary N) is 2. The number of thiophene rings is 1. The maximum atomic E-state index is 12.8. The minimum Gasteiger partial charge on any atom is -0.348 e. The molecule has 2 aromatic rings. The molecule has 1 aromatic heterocycles. The van der Waals surface area contributed by atoms with Crippen LogP contribution in [0, 0.1) is 0 Å². The Bertz CT molecular complexity index is 808. The molecule has 0 unspecified atom stereocenters. The molecule has 28 heavy (non-hydrogen) atoms. The summed E-state index contributed by atoms with van der Waals surface area (Å²) < 4.78 is 0. The largest absolute Gasteiger partial charge is 0.348 e. The second-order valence-corrected chi connectivity index (χ2v) is 7.93. The van der Waals surface area contributed by atoms with Crippen LogP contribution in [0.15, 0.2) is 47.8 Å². The molecule has 1 saturated heterocycles. The smallest absolute Gasteiger partial charge is 0.222 e. The Morgan fingerprint density at radius 3 is 2.50 bits per heavy atom. The number of amides is 3. The van der Waals surface area contributed by atoms with E-state index in [-0.39, 0.29) is 36.2 Å². The summed E-state index contributed by atoms with van der Waals surface area (Å²) in [6.45, 7) is 2.63. The minimum absolute atomic E-state index is 0.130. The number of benzene rings is 1. The van der Waals surface area contributed by atoms with Crippen molar-refractivity contribution in [2.24, 2.45) is 0 Å². The van der Waals surface area contributed by atoms with E-state index in [1.54, 1.807) is 0 Å². The summed E-state index contributed by atoms with van der Waals surface area (Å²) >= 11 is 1.51. The van der Waals surface area contributed by atoms with Crippen molar-refractivity contribution in [2.75, 3.05) is 13.1 Å². The quantitative estimate of drug-likeness (QED) is 0.716. The third-order valence-electron chi connectivity index (χ3n) is 4.77. The summed E-state index contributed by atoms with van der Waals surface area (Å²) in [5.74, 6) is -0.203. The summed E-state index contributed by atoms with van der Waals surface area (Å²) in [5.41, 5.74) is 0.961. The van der Waals surface area contributed by atoms with Crippen molar-refractivity contribution in [2.45, 2.75) is 38.3 Å². The van der Waals surface area contributed by atoms with E-state index >= 15 is 0 Å². The second kappa shape index (κ2) is 9.50. The highest BCUT2D eigenvalue weighted by atomic mass is 32.1. The Morgan fingerprint density at radius 1 is 1.11 bits per heavy atom. The van der Waals surface area contributed by atoms with Gasteiger partial charge in [0.05, 0.1) is 18.5 Å². The van der Waals surface area contributed by atoms with E-state index in [0.29, 0.717) is 13.0 Å². The van der Waals surface area contributed by atoms with Gasteiger partial charge in [-0.05, 0) is 23.4 Å². The average Bonchev–Trinajstić information content (AvgIpc) is 3.33. The van der Waals surface area contributed by atoms with Crippen LogP contribution in [-0.4, -0.2) is 35.7 Å². The second-order valence-electron chi connectivity index (χ2n) is 6.95. The highest BCUT2D eigenvalue weighted by Gasteiger charge is 2.26. The number of hydrogen-bond acceptors (Lipinski definition) is 4. The zero-order valence-corrected chi connectivity index (χ0v) is 16.7. The van der Waals surface area contributed by atoms with Gasteiger partial charge < -0.3 is 15.5 Å². The Morgan fingerprint density at radius 2 is 1.89 bits per heavy atom. The number of rotatable bonds is 8. The standard InChI is InChI=1S/C21H25N3O3S/c1-15(25)22-17(19-9-6-12-28-19)13-20(26)23-18(16-7-3-2-4-8-16)14-24-11-5-10-21(24)27/h2-4,6-9,12,17-18H,5,10-11,13-14H2,1H3,(H,22,25)(H,23,26)/t17-,18-/m0/s1. The zero-order valence-electron chi connectivity index (χ0n) is 15.9. The number of nitrogens with zero attached hydrogens (tertiary/aromatic N) is 1. The highest BCUT2D eigenvalue weighted by molar-refractivity contribution is 7.10. The van der Waals surface area contributed by atoms with Crippen molar-refractivity contribution in [3.63, 3.8) is 0 Å². The van der Waals surface area contributed by atoms with Crippen LogP contribution in [0.4, 0.5) is 0 Å². The fraction of sp³-hybridized carbons (Fsp3) is 0.381. The van der Waals surface area contributed by atoms with Gasteiger partial charge in [0.25, 0.3) is 0 Å². The van der Waals surface area contributed by atoms with Crippen LogP contribution in [0.25, 0.3) is 0 Å². The first-order chi connectivity index (χ1) is 13.5. The first-order valence-electron chi connectivity index (χ1n) is 9.45. The van der Waals surface area contributed by atoms with Gasteiger partial charge in [-0.3, -0.25) is 14.4 Å². The van der Waals surface area contributed by atoms with E-state index in [1.807, 2.05) is 52.7 Å². The summed E-state index contributed by atoms with van der Waals surface area (Å²) in [6.07, 6.45) is 1.58. The Labute approximate surface area is 168 Å². The van der Waals surface area contributed by atoms with Gasteiger partial charge in [-0.2, -0.15) is 0 Å². The third-order valence-corrected chi connectivity index (χ3v) is 5.75. The third kappa shape index (κ3) is 5.42. The molecule has 1 aliphatic rings. The maximum absolute atomic E-state index is 12.8. The van der Waals surface area contributed by atoms with E-state index in [1.165, 1.54) is 18.3 Å². The van der Waals surface area contributed by atoms with Crippen LogP contribution in [0.1, 0.15) is 48.7 Å². The molecule has 2 atom stereocenters. The fourth-order valence-corrected chi connectivity index (χ4v) is 4.21. The van der Waals surface area contributed by atoms with Crippen molar-refractivity contribution in [1.29, 1.82) is 0 Å². The summed E-state index contributed by atoms with van der Waals surface area (Å²) in [5, 5.41) is 7.84. The van der Waals surface area contributed by atoms with E-state index in [2.05, 4.69) is 10.6 Å². The SMILES string of the molecule is CC(=O)N[C@@H](CC(=O)N[C@@H](CN1CCCC1=O)c1ccccc1)c1cccs1. The number of likely N-dealkylation sites (tertiary alicyclic amines) is 1. The Kier molecular flexibility index (Phi) is 6.81. The van der Waals surface area contributed by atoms with Crippen LogP contribution < -0.4 is 10.6 Å². The van der Waals surface area contributed by atoms with Crippen molar-refractivity contribution in [3.05, 3.63) is 58.3 Å². The average molecular weight is 400 g/mol. The van der Waals surface area contributed by atoms with E-state index in [9.17, 15) is 14.4 Å². The lowest BCUT2D eigenvalue weighted by molar-refractivity contribution is -0.129. The molecule has 7 heteroatoms. The molecule has 0 aliphatic carbocycles. The molecule has 0 saturated carbocycles. The minimum atomic E-state index is -0.359. The lowest BCUT2D eigenvalue weighted by Crippen LogP contribution is -2.40. The molecule has 3 amide bonds. The number of hydrogen-bond donors (Lipinski definition) is 2. The molecule has 6 nitrogen and oxygen atoms in total. The molecular weight excluding hydrogens is 374 g/mol. The summed E-state index contributed by atoms with van der Waals surface area (Å²) in [4.78, 5) is 39.2.